The Balaban J connectivity index is 4.41. The van der Waals surface area contributed by atoms with Gasteiger partial charge in [0.25, 0.3) is 0 Å². The molecule has 0 fully saturated rings. The van der Waals surface area contributed by atoms with Gasteiger partial charge in [-0.2, -0.15) is 0 Å². The smallest absolute Gasteiger partial charge is 0.310 e. The van der Waals surface area contributed by atoms with Gasteiger partial charge in [0.15, 0.2) is 6.10 Å². The molecule has 0 saturated heterocycles. The topological polar surface area (TPSA) is 78.9 Å². The maximum Gasteiger partial charge on any atom is 0.310 e. The maximum atomic E-state index is 12.8. The van der Waals surface area contributed by atoms with E-state index in [-0.39, 0.29) is 31.6 Å². The SMILES string of the molecule is CC/C=C\C/C=C\C/C=C\C/C=C\C/C=C\C/C=C\C/C=C\C/C=C\C/C=C\C/C=C\CCCCCCC(=O)OCC(COC(=O)CCCCCCC/C=C\CCCCCC)OC(=O)C/C=C\C/C=C\C/C=C\C/C=C\C/C=C\CC. The Labute approximate surface area is 497 Å². The normalized spacial score (nSPS) is 13.5. The fraction of sp³-hybridized carbons (Fsp3) is 0.533. The lowest BCUT2D eigenvalue weighted by atomic mass is 10.1. The van der Waals surface area contributed by atoms with Crippen molar-refractivity contribution in [1.29, 1.82) is 0 Å². The van der Waals surface area contributed by atoms with Gasteiger partial charge in [-0.15, -0.1) is 0 Å². The molecule has 0 aliphatic heterocycles. The predicted octanol–water partition coefficient (Wildman–Crippen LogP) is 22.2. The third kappa shape index (κ3) is 64.9. The van der Waals surface area contributed by atoms with Crippen LogP contribution in [0.25, 0.3) is 0 Å². The first kappa shape index (κ1) is 75.2. The lowest BCUT2D eigenvalue weighted by Crippen LogP contribution is -2.30. The highest BCUT2D eigenvalue weighted by molar-refractivity contribution is 5.72. The zero-order chi connectivity index (χ0) is 58.5. The second-order valence-corrected chi connectivity index (χ2v) is 20.2. The molecule has 0 bridgehead atoms. The fourth-order valence-corrected chi connectivity index (χ4v) is 7.89. The number of carbonyl (C=O) groups is 3. The molecule has 0 heterocycles. The average molecular weight is 1110 g/mol. The van der Waals surface area contributed by atoms with E-state index in [1.807, 2.05) is 6.08 Å². The van der Waals surface area contributed by atoms with Gasteiger partial charge in [0.1, 0.15) is 13.2 Å². The van der Waals surface area contributed by atoms with Crippen molar-refractivity contribution in [3.63, 3.8) is 0 Å². The predicted molar refractivity (Wildman–Crippen MR) is 352 cm³/mol. The number of hydrogen-bond acceptors (Lipinski definition) is 6. The van der Waals surface area contributed by atoms with Crippen molar-refractivity contribution in [3.05, 3.63) is 194 Å². The summed E-state index contributed by atoms with van der Waals surface area (Å²) in [6.45, 7) is 6.26. The minimum Gasteiger partial charge on any atom is -0.462 e. The molecule has 0 aliphatic carbocycles. The van der Waals surface area contributed by atoms with Crippen molar-refractivity contribution in [2.24, 2.45) is 0 Å². The van der Waals surface area contributed by atoms with Crippen LogP contribution in [0.3, 0.4) is 0 Å². The zero-order valence-electron chi connectivity index (χ0n) is 51.5. The van der Waals surface area contributed by atoms with Gasteiger partial charge in [-0.1, -0.05) is 267 Å². The van der Waals surface area contributed by atoms with Crippen LogP contribution in [-0.2, 0) is 28.6 Å². The van der Waals surface area contributed by atoms with Crippen molar-refractivity contribution in [2.45, 2.75) is 245 Å². The van der Waals surface area contributed by atoms with Crippen LogP contribution in [0.5, 0.6) is 0 Å². The van der Waals surface area contributed by atoms with E-state index in [4.69, 9.17) is 14.2 Å². The maximum absolute atomic E-state index is 12.8. The minimum atomic E-state index is -0.857. The molecule has 0 amide bonds. The van der Waals surface area contributed by atoms with Gasteiger partial charge in [0.2, 0.25) is 0 Å². The highest BCUT2D eigenvalue weighted by Gasteiger charge is 2.19. The molecule has 0 spiro atoms. The van der Waals surface area contributed by atoms with Gasteiger partial charge in [-0.25, -0.2) is 0 Å². The zero-order valence-corrected chi connectivity index (χ0v) is 51.5. The summed E-state index contributed by atoms with van der Waals surface area (Å²) < 4.78 is 16.7. The molecule has 81 heavy (non-hydrogen) atoms. The quantitative estimate of drug-likeness (QED) is 0.0261. The lowest BCUT2D eigenvalue weighted by molar-refractivity contribution is -0.166. The van der Waals surface area contributed by atoms with E-state index in [0.717, 1.165) is 154 Å². The lowest BCUT2D eigenvalue weighted by Gasteiger charge is -2.18. The molecule has 0 aromatic heterocycles. The van der Waals surface area contributed by atoms with Crippen LogP contribution in [0.15, 0.2) is 194 Å². The second-order valence-electron chi connectivity index (χ2n) is 20.2. The van der Waals surface area contributed by atoms with Crippen LogP contribution in [0.4, 0.5) is 0 Å². The van der Waals surface area contributed by atoms with Crippen molar-refractivity contribution in [3.8, 4) is 0 Å². The van der Waals surface area contributed by atoms with Gasteiger partial charge in [-0.05, 0) is 148 Å². The van der Waals surface area contributed by atoms with Gasteiger partial charge >= 0.3 is 17.9 Å². The minimum absolute atomic E-state index is 0.0798. The van der Waals surface area contributed by atoms with Gasteiger partial charge in [0.05, 0.1) is 6.42 Å². The first-order valence-corrected chi connectivity index (χ1v) is 31.9. The van der Waals surface area contributed by atoms with Gasteiger partial charge in [-0.3, -0.25) is 14.4 Å². The molecular formula is C75H114O6. The van der Waals surface area contributed by atoms with E-state index in [9.17, 15) is 14.4 Å². The highest BCUT2D eigenvalue weighted by Crippen LogP contribution is 2.12. The first-order chi connectivity index (χ1) is 40.0. The van der Waals surface area contributed by atoms with Crippen molar-refractivity contribution in [2.75, 3.05) is 13.2 Å². The molecule has 6 nitrogen and oxygen atoms in total. The Bertz CT molecular complexity index is 1950. The van der Waals surface area contributed by atoms with Crippen molar-refractivity contribution < 1.29 is 28.6 Å². The highest BCUT2D eigenvalue weighted by atomic mass is 16.6. The summed E-state index contributed by atoms with van der Waals surface area (Å²) in [5, 5.41) is 0. The Morgan fingerprint density at radius 3 is 0.827 bits per heavy atom. The number of carbonyl (C=O) groups excluding carboxylic acids is 3. The molecule has 450 valence electrons. The molecule has 0 aliphatic rings. The van der Waals surface area contributed by atoms with Crippen LogP contribution < -0.4 is 0 Å². The number of ether oxygens (including phenoxy) is 3. The summed E-state index contributed by atoms with van der Waals surface area (Å²) in [5.41, 5.74) is 0. The van der Waals surface area contributed by atoms with E-state index in [0.29, 0.717) is 19.3 Å². The Morgan fingerprint density at radius 1 is 0.272 bits per heavy atom. The molecular weight excluding hydrogens is 997 g/mol. The fourth-order valence-electron chi connectivity index (χ4n) is 7.89. The van der Waals surface area contributed by atoms with Crippen LogP contribution in [-0.4, -0.2) is 37.2 Å². The summed E-state index contributed by atoms with van der Waals surface area (Å²) in [5.74, 6) is -1.11. The van der Waals surface area contributed by atoms with Crippen LogP contribution in [0.2, 0.25) is 0 Å². The molecule has 0 radical (unpaired) electrons. The summed E-state index contributed by atoms with van der Waals surface area (Å²) in [4.78, 5) is 38.1. The van der Waals surface area contributed by atoms with Gasteiger partial charge < -0.3 is 14.2 Å². The molecule has 6 heteroatoms. The monoisotopic (exact) mass is 1110 g/mol. The summed E-state index contributed by atoms with van der Waals surface area (Å²) in [6, 6.07) is 0. The van der Waals surface area contributed by atoms with Crippen LogP contribution >= 0.6 is 0 Å². The van der Waals surface area contributed by atoms with E-state index in [1.54, 1.807) is 6.08 Å². The third-order valence-corrected chi connectivity index (χ3v) is 12.6. The second kappa shape index (κ2) is 66.8. The number of esters is 3. The standard InChI is InChI=1S/C75H114O6/c1-4-7-10-13-16-19-22-25-27-28-29-30-31-32-33-34-35-36-37-38-39-40-41-42-43-44-45-46-48-50-53-56-59-62-65-68-74(77)80-71-72(70-79-73(76)67-64-61-58-55-52-49-24-21-18-15-12-9-6-3)81-75(78)69-66-63-60-57-54-51-47-26-23-20-17-14-11-8-5-2/h7-8,10-11,16-17,19-21,24-27,29-30,32-33,35-36,38-39,41-42,44-45,47-48,50,54,57,63,66,72H,4-6,9,12-15,18,22-23,28,31,34,37,40,43,46,49,51-53,55-56,58-62,64-65,67-71H2,1-3H3/b10-7-,11-8-,19-16-,20-17-,24-21-,27-25-,30-29-,33-32-,36-35-,39-38-,42-41-,45-44-,47-26-,50-48-,57-54-,66-63-. The van der Waals surface area contributed by atoms with Crippen LogP contribution in [0, 0.1) is 0 Å². The van der Waals surface area contributed by atoms with E-state index < -0.39 is 12.1 Å². The average Bonchev–Trinajstić information content (AvgIpc) is 3.46. The Morgan fingerprint density at radius 2 is 0.519 bits per heavy atom. The molecule has 1 atom stereocenters. The van der Waals surface area contributed by atoms with Crippen LogP contribution in [0.1, 0.15) is 239 Å². The van der Waals surface area contributed by atoms with Crippen molar-refractivity contribution >= 4 is 17.9 Å². The molecule has 0 aromatic rings. The molecule has 0 rings (SSSR count). The summed E-state index contributed by atoms with van der Waals surface area (Å²) >= 11 is 0. The molecule has 0 N–H and O–H groups in total. The molecule has 0 saturated carbocycles. The van der Waals surface area contributed by atoms with E-state index in [1.165, 1.54) is 38.5 Å². The Kier molecular flexibility index (Phi) is 62.0. The third-order valence-electron chi connectivity index (χ3n) is 12.6. The summed E-state index contributed by atoms with van der Waals surface area (Å²) in [7, 11) is 0. The number of unbranched alkanes of at least 4 members (excludes halogenated alkanes) is 13. The van der Waals surface area contributed by atoms with E-state index >= 15 is 0 Å². The largest absolute Gasteiger partial charge is 0.462 e. The van der Waals surface area contributed by atoms with E-state index in [2.05, 4.69) is 203 Å². The number of allylic oxidation sites excluding steroid dienone is 31. The molecule has 1 unspecified atom stereocenters. The van der Waals surface area contributed by atoms with Gasteiger partial charge in [0, 0.05) is 12.8 Å². The molecule has 0 aromatic carbocycles. The first-order valence-electron chi connectivity index (χ1n) is 31.9. The van der Waals surface area contributed by atoms with Crippen molar-refractivity contribution in [1.82, 2.24) is 0 Å². The summed E-state index contributed by atoms with van der Waals surface area (Å²) in [6.07, 6.45) is 102. The number of hydrogen-bond donors (Lipinski definition) is 0. The Hall–Kier alpha value is -5.75. The number of rotatable bonds is 55.